The molecule has 0 spiro atoms. The fourth-order valence-corrected chi connectivity index (χ4v) is 3.12. The fourth-order valence-electron chi connectivity index (χ4n) is 3.12. The molecule has 0 fully saturated rings. The minimum absolute atomic E-state index is 0. The largest absolute Gasteiger partial charge is 2.00 e. The molecule has 2 unspecified atom stereocenters. The molecule has 264 valence electrons. The van der Waals surface area contributed by atoms with Crippen LogP contribution in [0.2, 0.25) is 0 Å². The Hall–Kier alpha value is -2.36. The first-order chi connectivity index (χ1) is 20.3. The molecule has 46 heavy (non-hydrogen) atoms. The number of aliphatic carboxylic acids is 2. The molecule has 16 heteroatoms. The molecule has 0 aliphatic rings. The van der Waals surface area contributed by atoms with E-state index in [1.807, 2.05) is 27.7 Å². The van der Waals surface area contributed by atoms with E-state index in [0.29, 0.717) is 24.7 Å². The first-order valence-electron chi connectivity index (χ1n) is 15.0. The topological polar surface area (TPSA) is 241 Å². The minimum Gasteiger partial charge on any atom is -0.550 e. The van der Waals surface area contributed by atoms with Crippen molar-refractivity contribution < 1.29 is 63.4 Å². The van der Waals surface area contributed by atoms with E-state index in [1.165, 1.54) is 13.8 Å². The van der Waals surface area contributed by atoms with Gasteiger partial charge in [-0.1, -0.05) is 68.2 Å². The van der Waals surface area contributed by atoms with Gasteiger partial charge in [0, 0.05) is 50.7 Å². The molecule has 0 rings (SSSR count). The summed E-state index contributed by atoms with van der Waals surface area (Å²) in [4.78, 5) is 67.7. The number of carbonyl (C=O) groups is 6. The van der Waals surface area contributed by atoms with Gasteiger partial charge in [-0.2, -0.15) is 0 Å². The van der Waals surface area contributed by atoms with Crippen LogP contribution in [0.25, 0.3) is 0 Å². The van der Waals surface area contributed by atoms with Gasteiger partial charge < -0.3 is 54.9 Å². The van der Waals surface area contributed by atoms with Crippen molar-refractivity contribution >= 4 is 73.8 Å². The van der Waals surface area contributed by atoms with Gasteiger partial charge >= 0.3 is 61.9 Å². The summed E-state index contributed by atoms with van der Waals surface area (Å²) in [6.07, 6.45) is -1.47. The molecular formula is C30H54CaN2O13. The number of rotatable bonds is 18. The van der Waals surface area contributed by atoms with Gasteiger partial charge in [-0.05, 0) is 24.7 Å². The number of ether oxygens (including phenoxy) is 4. The number of amides is 2. The van der Waals surface area contributed by atoms with Crippen molar-refractivity contribution in [2.24, 2.45) is 35.5 Å². The molecule has 0 radical (unpaired) electrons. The molecule has 0 saturated heterocycles. The number of alkyl carbamates (subject to hydrolysis) is 2. The molecule has 0 aliphatic carbocycles. The zero-order valence-corrected chi connectivity index (χ0v) is 31.2. The van der Waals surface area contributed by atoms with Gasteiger partial charge in [-0.25, -0.2) is 9.59 Å². The van der Waals surface area contributed by atoms with E-state index in [0.717, 1.165) is 12.8 Å². The number of hydrogen-bond donors (Lipinski definition) is 2. The van der Waals surface area contributed by atoms with Crippen LogP contribution in [0.3, 0.4) is 0 Å². The molecule has 0 heterocycles. The van der Waals surface area contributed by atoms with E-state index >= 15 is 0 Å². The average molecular weight is 691 g/mol. The van der Waals surface area contributed by atoms with Crippen molar-refractivity contribution in [1.29, 1.82) is 0 Å². The summed E-state index contributed by atoms with van der Waals surface area (Å²) in [7, 11) is 0. The Bertz CT molecular complexity index is 841. The summed E-state index contributed by atoms with van der Waals surface area (Å²) in [6, 6.07) is 0. The third kappa shape index (κ3) is 27.9. The second-order valence-electron chi connectivity index (χ2n) is 11.9. The Morgan fingerprint density at radius 1 is 0.522 bits per heavy atom. The van der Waals surface area contributed by atoms with Crippen molar-refractivity contribution in [3.05, 3.63) is 0 Å². The summed E-state index contributed by atoms with van der Waals surface area (Å²) in [5.74, 6) is -4.85. The van der Waals surface area contributed by atoms with E-state index in [2.05, 4.69) is 10.6 Å². The van der Waals surface area contributed by atoms with Gasteiger partial charge in [-0.15, -0.1) is 0 Å². The zero-order chi connectivity index (χ0) is 34.6. The van der Waals surface area contributed by atoms with E-state index in [4.69, 9.17) is 18.9 Å². The molecule has 0 aromatic carbocycles. The van der Waals surface area contributed by atoms with Gasteiger partial charge in [0.2, 0.25) is 12.6 Å². The third-order valence-electron chi connectivity index (χ3n) is 5.89. The molecule has 0 aromatic heterocycles. The van der Waals surface area contributed by atoms with Crippen LogP contribution < -0.4 is 20.8 Å². The average Bonchev–Trinajstić information content (AvgIpc) is 2.87. The van der Waals surface area contributed by atoms with E-state index in [-0.39, 0.29) is 68.1 Å². The van der Waals surface area contributed by atoms with Crippen LogP contribution in [-0.2, 0) is 38.1 Å². The van der Waals surface area contributed by atoms with Crippen LogP contribution in [0.1, 0.15) is 94.9 Å². The van der Waals surface area contributed by atoms with E-state index in [9.17, 15) is 39.0 Å². The van der Waals surface area contributed by atoms with Crippen molar-refractivity contribution in [1.82, 2.24) is 10.6 Å². The number of carbonyl (C=O) groups excluding carboxylic acids is 6. The van der Waals surface area contributed by atoms with Gasteiger partial charge in [0.15, 0.2) is 0 Å². The summed E-state index contributed by atoms with van der Waals surface area (Å²) in [5.41, 5.74) is 0. The SMILES string of the molecule is CC(C)CCC(CNC(=O)O[C@H](C)OC(=O)C(C)C)C(=O)[O-].CC(C)CCC(CNC(=O)O[C@H](C)OC(=O)C(C)C)C(=O)[O-].O.[Ca+2]. The maximum absolute atomic E-state index is 11.5. The second-order valence-corrected chi connectivity index (χ2v) is 11.9. The zero-order valence-electron chi connectivity index (χ0n) is 29.0. The van der Waals surface area contributed by atoms with Crippen LogP contribution in [0.5, 0.6) is 0 Å². The maximum atomic E-state index is 11.5. The molecule has 4 N–H and O–H groups in total. The Morgan fingerprint density at radius 3 is 1.02 bits per heavy atom. The Kier molecular flexibility index (Phi) is 30.4. The molecule has 2 amide bonds. The third-order valence-corrected chi connectivity index (χ3v) is 5.89. The van der Waals surface area contributed by atoms with E-state index in [1.54, 1.807) is 27.7 Å². The van der Waals surface area contributed by atoms with Crippen molar-refractivity contribution in [2.45, 2.75) is 108 Å². The number of hydrogen-bond acceptors (Lipinski definition) is 12. The smallest absolute Gasteiger partial charge is 0.550 e. The van der Waals surface area contributed by atoms with Crippen molar-refractivity contribution in [3.63, 3.8) is 0 Å². The van der Waals surface area contributed by atoms with Crippen LogP contribution in [-0.4, -0.2) is 105 Å². The van der Waals surface area contributed by atoms with Gasteiger partial charge in [-0.3, -0.25) is 9.59 Å². The Labute approximate surface area is 302 Å². The molecule has 0 saturated carbocycles. The fraction of sp³-hybridized carbons (Fsp3) is 0.800. The van der Waals surface area contributed by atoms with Crippen molar-refractivity contribution in [2.75, 3.05) is 13.1 Å². The normalized spacial score (nSPS) is 13.0. The molecule has 0 aliphatic heterocycles. The Morgan fingerprint density at radius 2 is 0.804 bits per heavy atom. The van der Waals surface area contributed by atoms with Crippen LogP contribution >= 0.6 is 0 Å². The minimum atomic E-state index is -1.21. The maximum Gasteiger partial charge on any atom is 2.00 e. The number of nitrogens with one attached hydrogen (secondary N) is 2. The molecule has 15 nitrogen and oxygen atoms in total. The Balaban J connectivity index is -0.000000367. The first kappa shape index (κ1) is 50.5. The summed E-state index contributed by atoms with van der Waals surface area (Å²) >= 11 is 0. The quantitative estimate of drug-likeness (QED) is 0.116. The van der Waals surface area contributed by atoms with Gasteiger partial charge in [0.25, 0.3) is 0 Å². The van der Waals surface area contributed by atoms with Crippen molar-refractivity contribution in [3.8, 4) is 0 Å². The predicted octanol–water partition coefficient (Wildman–Crippen LogP) is 0.915. The van der Waals surface area contributed by atoms with Crippen LogP contribution in [0, 0.1) is 35.5 Å². The second kappa shape index (κ2) is 27.7. The number of carboxylic acid groups (broad SMARTS) is 2. The molecule has 4 atom stereocenters. The van der Waals surface area contributed by atoms with E-state index < -0.39 is 60.5 Å². The number of esters is 2. The monoisotopic (exact) mass is 690 g/mol. The summed E-state index contributed by atoms with van der Waals surface area (Å²) in [6.45, 7) is 17.2. The standard InChI is InChI=1S/2C15H27NO6.Ca.H2O/c2*1-9(2)6-7-12(13(17)18)8-16-15(20)22-11(5)21-14(19)10(3)4;;/h2*9-12H,6-8H2,1-5H3,(H,16,20)(H,17,18);;1H2/q;;+2;/p-2/t2*11-,12?;;/m11../s1. The molecule has 0 aromatic rings. The number of carboxylic acids is 2. The molecule has 0 bridgehead atoms. The summed E-state index contributed by atoms with van der Waals surface area (Å²) in [5, 5.41) is 26.7. The van der Waals surface area contributed by atoms with Gasteiger partial charge in [0.1, 0.15) is 0 Å². The predicted molar refractivity (Wildman–Crippen MR) is 164 cm³/mol. The van der Waals surface area contributed by atoms with Gasteiger partial charge in [0.05, 0.1) is 11.8 Å². The summed E-state index contributed by atoms with van der Waals surface area (Å²) < 4.78 is 19.4. The van der Waals surface area contributed by atoms with Crippen LogP contribution in [0.4, 0.5) is 9.59 Å². The first-order valence-corrected chi connectivity index (χ1v) is 15.0. The van der Waals surface area contributed by atoms with Crippen LogP contribution in [0.15, 0.2) is 0 Å². The molecular weight excluding hydrogens is 636 g/mol.